The van der Waals surface area contributed by atoms with Crippen molar-refractivity contribution in [3.05, 3.63) is 52.5 Å². The van der Waals surface area contributed by atoms with Gasteiger partial charge in [-0.05, 0) is 43.2 Å². The van der Waals surface area contributed by atoms with Gasteiger partial charge in [0.1, 0.15) is 10.6 Å². The highest BCUT2D eigenvalue weighted by Gasteiger charge is 2.35. The van der Waals surface area contributed by atoms with Crippen LogP contribution in [0.5, 0.6) is 5.75 Å². The second-order valence-electron chi connectivity index (χ2n) is 6.47. The number of piperidine rings is 1. The summed E-state index contributed by atoms with van der Waals surface area (Å²) in [6.45, 7) is 0.405. The molecule has 9 heteroatoms. The number of rotatable bonds is 5. The van der Waals surface area contributed by atoms with E-state index in [1.807, 2.05) is 0 Å². The van der Waals surface area contributed by atoms with Gasteiger partial charge in [-0.15, -0.1) is 0 Å². The summed E-state index contributed by atoms with van der Waals surface area (Å²) >= 11 is 12.1. The molecular weight excluding hydrogens is 423 g/mol. The van der Waals surface area contributed by atoms with Gasteiger partial charge in [-0.25, -0.2) is 8.42 Å². The topological polar surface area (TPSA) is 75.7 Å². The number of carbonyl (C=O) groups is 1. The molecule has 1 aliphatic heterocycles. The van der Waals surface area contributed by atoms with E-state index in [1.165, 1.54) is 23.5 Å². The Morgan fingerprint density at radius 1 is 1.21 bits per heavy atom. The molecule has 0 bridgehead atoms. The molecular formula is C19H20Cl2N2O4S. The van der Waals surface area contributed by atoms with Crippen LogP contribution in [0.3, 0.4) is 0 Å². The first-order valence-electron chi connectivity index (χ1n) is 8.72. The smallest absolute Gasteiger partial charge is 0.246 e. The van der Waals surface area contributed by atoms with Crippen LogP contribution in [-0.2, 0) is 14.8 Å². The first-order chi connectivity index (χ1) is 13.3. The van der Waals surface area contributed by atoms with Crippen molar-refractivity contribution in [2.24, 2.45) is 5.92 Å². The van der Waals surface area contributed by atoms with E-state index < -0.39 is 15.9 Å². The second kappa shape index (κ2) is 8.69. The number of amides is 1. The van der Waals surface area contributed by atoms with Gasteiger partial charge in [0, 0.05) is 18.1 Å². The first kappa shape index (κ1) is 20.9. The van der Waals surface area contributed by atoms with Crippen LogP contribution in [0.4, 0.5) is 5.69 Å². The number of hydrogen-bond donors (Lipinski definition) is 1. The fraction of sp³-hybridized carbons (Fsp3) is 0.316. The van der Waals surface area contributed by atoms with Crippen molar-refractivity contribution < 1.29 is 17.9 Å². The van der Waals surface area contributed by atoms with E-state index in [2.05, 4.69) is 5.32 Å². The first-order valence-corrected chi connectivity index (χ1v) is 10.9. The van der Waals surface area contributed by atoms with Crippen LogP contribution < -0.4 is 10.1 Å². The van der Waals surface area contributed by atoms with Gasteiger partial charge in [0.25, 0.3) is 0 Å². The predicted molar refractivity (Wildman–Crippen MR) is 110 cm³/mol. The van der Waals surface area contributed by atoms with E-state index in [0.29, 0.717) is 35.1 Å². The molecule has 1 fully saturated rings. The number of methoxy groups -OCH3 is 1. The van der Waals surface area contributed by atoms with E-state index in [0.717, 1.165) is 0 Å². The van der Waals surface area contributed by atoms with Crippen LogP contribution >= 0.6 is 23.2 Å². The SMILES string of the molecule is COc1ccc(Cl)cc1S(=O)(=O)N1CCC[C@H](C(=O)Nc2ccccc2Cl)C1. The number of benzene rings is 2. The quantitative estimate of drug-likeness (QED) is 0.757. The number of ether oxygens (including phenoxy) is 1. The predicted octanol–water partition coefficient (Wildman–Crippen LogP) is 4.04. The van der Waals surface area contributed by atoms with Gasteiger partial charge in [-0.2, -0.15) is 4.31 Å². The molecule has 3 rings (SSSR count). The molecule has 1 amide bonds. The molecule has 0 aliphatic carbocycles. The van der Waals surface area contributed by atoms with Crippen LogP contribution in [-0.4, -0.2) is 38.8 Å². The van der Waals surface area contributed by atoms with Gasteiger partial charge in [0.15, 0.2) is 0 Å². The fourth-order valence-electron chi connectivity index (χ4n) is 3.16. The van der Waals surface area contributed by atoms with Crippen molar-refractivity contribution in [2.45, 2.75) is 17.7 Å². The number of halogens is 2. The zero-order valence-electron chi connectivity index (χ0n) is 15.2. The average Bonchev–Trinajstić information content (AvgIpc) is 2.69. The third-order valence-electron chi connectivity index (χ3n) is 4.63. The minimum atomic E-state index is -3.86. The number of para-hydroxylation sites is 1. The highest BCUT2D eigenvalue weighted by molar-refractivity contribution is 7.89. The second-order valence-corrected chi connectivity index (χ2v) is 9.22. The Bertz CT molecular complexity index is 982. The lowest BCUT2D eigenvalue weighted by molar-refractivity contribution is -0.120. The summed E-state index contributed by atoms with van der Waals surface area (Å²) in [5.74, 6) is -0.525. The van der Waals surface area contributed by atoms with Crippen LogP contribution in [0.2, 0.25) is 10.0 Å². The molecule has 1 heterocycles. The molecule has 1 saturated heterocycles. The average molecular weight is 443 g/mol. The molecule has 2 aromatic rings. The monoisotopic (exact) mass is 442 g/mol. The van der Waals surface area contributed by atoms with Crippen LogP contribution in [0.25, 0.3) is 0 Å². The van der Waals surface area contributed by atoms with Crippen molar-refractivity contribution in [3.8, 4) is 5.75 Å². The highest BCUT2D eigenvalue weighted by atomic mass is 35.5. The largest absolute Gasteiger partial charge is 0.495 e. The summed E-state index contributed by atoms with van der Waals surface area (Å²) in [4.78, 5) is 12.7. The third kappa shape index (κ3) is 4.43. The molecule has 0 spiro atoms. The standard InChI is InChI=1S/C19H20Cl2N2O4S/c1-27-17-9-8-14(20)11-18(17)28(25,26)23-10-4-5-13(12-23)19(24)22-16-7-3-2-6-15(16)21/h2-3,6-9,11,13H,4-5,10,12H2,1H3,(H,22,24)/t13-/m0/s1. The Hall–Kier alpha value is -1.80. The van der Waals surface area contributed by atoms with Gasteiger partial charge in [-0.1, -0.05) is 35.3 Å². The Labute approximate surface area is 174 Å². The highest BCUT2D eigenvalue weighted by Crippen LogP contribution is 2.32. The van der Waals surface area contributed by atoms with E-state index >= 15 is 0 Å². The fourth-order valence-corrected chi connectivity index (χ4v) is 5.29. The van der Waals surface area contributed by atoms with Gasteiger partial charge < -0.3 is 10.1 Å². The summed E-state index contributed by atoms with van der Waals surface area (Å²) in [5.41, 5.74) is 0.505. The zero-order chi connectivity index (χ0) is 20.3. The molecule has 0 saturated carbocycles. The van der Waals surface area contributed by atoms with Gasteiger partial charge in [0.05, 0.1) is 23.7 Å². The Morgan fingerprint density at radius 2 is 1.96 bits per heavy atom. The van der Waals surface area contributed by atoms with Crippen LogP contribution in [0, 0.1) is 5.92 Å². The minimum absolute atomic E-state index is 0.00494. The third-order valence-corrected chi connectivity index (χ3v) is 7.08. The molecule has 2 aromatic carbocycles. The minimum Gasteiger partial charge on any atom is -0.495 e. The zero-order valence-corrected chi connectivity index (χ0v) is 17.5. The van der Waals surface area contributed by atoms with Crippen molar-refractivity contribution in [3.63, 3.8) is 0 Å². The summed E-state index contributed by atoms with van der Waals surface area (Å²) in [7, 11) is -2.46. The van der Waals surface area contributed by atoms with Crippen molar-refractivity contribution in [1.82, 2.24) is 4.31 Å². The van der Waals surface area contributed by atoms with Crippen molar-refractivity contribution in [2.75, 3.05) is 25.5 Å². The number of nitrogens with one attached hydrogen (secondary N) is 1. The van der Waals surface area contributed by atoms with Gasteiger partial charge in [-0.3, -0.25) is 4.79 Å². The summed E-state index contributed by atoms with van der Waals surface area (Å²) < 4.78 is 32.8. The lowest BCUT2D eigenvalue weighted by atomic mass is 9.99. The number of sulfonamides is 1. The van der Waals surface area contributed by atoms with E-state index in [4.69, 9.17) is 27.9 Å². The van der Waals surface area contributed by atoms with Gasteiger partial charge in [0.2, 0.25) is 15.9 Å². The number of anilines is 1. The van der Waals surface area contributed by atoms with Crippen LogP contribution in [0.15, 0.2) is 47.4 Å². The molecule has 0 unspecified atom stereocenters. The maximum Gasteiger partial charge on any atom is 0.246 e. The summed E-state index contributed by atoms with van der Waals surface area (Å²) in [6.07, 6.45) is 1.16. The molecule has 1 N–H and O–H groups in total. The Morgan fingerprint density at radius 3 is 2.68 bits per heavy atom. The molecule has 0 aromatic heterocycles. The number of hydrogen-bond acceptors (Lipinski definition) is 4. The molecule has 1 aliphatic rings. The normalized spacial score (nSPS) is 17.9. The number of carbonyl (C=O) groups excluding carboxylic acids is 1. The summed E-state index contributed by atoms with van der Waals surface area (Å²) in [5, 5.41) is 3.51. The lowest BCUT2D eigenvalue weighted by Gasteiger charge is -2.31. The molecule has 1 atom stereocenters. The van der Waals surface area contributed by atoms with Crippen LogP contribution in [0.1, 0.15) is 12.8 Å². The van der Waals surface area contributed by atoms with Gasteiger partial charge >= 0.3 is 0 Å². The van der Waals surface area contributed by atoms with Crippen molar-refractivity contribution >= 4 is 44.8 Å². The van der Waals surface area contributed by atoms with E-state index in [9.17, 15) is 13.2 Å². The number of nitrogens with zero attached hydrogens (tertiary/aromatic N) is 1. The molecule has 28 heavy (non-hydrogen) atoms. The lowest BCUT2D eigenvalue weighted by Crippen LogP contribution is -2.43. The Kier molecular flexibility index (Phi) is 6.50. The van der Waals surface area contributed by atoms with E-state index in [-0.39, 0.29) is 23.1 Å². The Balaban J connectivity index is 1.80. The summed E-state index contributed by atoms with van der Waals surface area (Å²) in [6, 6.07) is 11.4. The van der Waals surface area contributed by atoms with Crippen molar-refractivity contribution in [1.29, 1.82) is 0 Å². The maximum atomic E-state index is 13.1. The molecule has 6 nitrogen and oxygen atoms in total. The molecule has 0 radical (unpaired) electrons. The molecule has 150 valence electrons. The van der Waals surface area contributed by atoms with E-state index in [1.54, 1.807) is 30.3 Å². The maximum absolute atomic E-state index is 13.1.